The summed E-state index contributed by atoms with van der Waals surface area (Å²) in [5, 5.41) is 3.32. The Morgan fingerprint density at radius 3 is 2.62 bits per heavy atom. The lowest BCUT2D eigenvalue weighted by molar-refractivity contribution is 1.03. The van der Waals surface area contributed by atoms with Crippen molar-refractivity contribution in [2.24, 2.45) is 0 Å². The smallest absolute Gasteiger partial charge is 0.106 e. The highest BCUT2D eigenvalue weighted by Crippen LogP contribution is 2.16. The van der Waals surface area contributed by atoms with E-state index in [2.05, 4.69) is 42.2 Å². The van der Waals surface area contributed by atoms with E-state index in [4.69, 9.17) is 0 Å². The normalized spacial score (nSPS) is 10.1. The van der Waals surface area contributed by atoms with Crippen LogP contribution in [0.25, 0.3) is 0 Å². The Balaban J connectivity index is 2.02. The van der Waals surface area contributed by atoms with Crippen molar-refractivity contribution in [3.05, 3.63) is 57.2 Å². The zero-order chi connectivity index (χ0) is 11.4. The van der Waals surface area contributed by atoms with E-state index in [0.717, 1.165) is 27.0 Å². The number of anilines is 1. The summed E-state index contributed by atoms with van der Waals surface area (Å²) in [4.78, 5) is 4.35. The van der Waals surface area contributed by atoms with E-state index < -0.39 is 0 Å². The third kappa shape index (κ3) is 3.32. The Bertz CT molecular complexity index is 440. The fraction of sp³-hybridized carbons (Fsp3) is 0.0833. The molecule has 0 radical (unpaired) electrons. The zero-order valence-electron chi connectivity index (χ0n) is 8.45. The van der Waals surface area contributed by atoms with E-state index in [-0.39, 0.29) is 0 Å². The van der Waals surface area contributed by atoms with E-state index in [1.54, 1.807) is 0 Å². The van der Waals surface area contributed by atoms with Crippen LogP contribution in [0.15, 0.2) is 51.5 Å². The molecule has 0 aliphatic rings. The number of nitrogens with one attached hydrogen (secondary N) is 1. The van der Waals surface area contributed by atoms with Gasteiger partial charge in [0.25, 0.3) is 0 Å². The van der Waals surface area contributed by atoms with Gasteiger partial charge in [0.1, 0.15) is 4.60 Å². The van der Waals surface area contributed by atoms with Crippen LogP contribution in [-0.2, 0) is 6.54 Å². The van der Waals surface area contributed by atoms with E-state index in [9.17, 15) is 0 Å². The number of aromatic nitrogens is 1. The number of halogens is 2. The summed E-state index contributed by atoms with van der Waals surface area (Å²) in [5.41, 5.74) is 2.09. The molecule has 0 saturated heterocycles. The van der Waals surface area contributed by atoms with Gasteiger partial charge in [-0.2, -0.15) is 0 Å². The lowest BCUT2D eigenvalue weighted by Crippen LogP contribution is -2.01. The van der Waals surface area contributed by atoms with Gasteiger partial charge in [0.15, 0.2) is 0 Å². The Morgan fingerprint density at radius 1 is 1.06 bits per heavy atom. The molecule has 0 saturated carbocycles. The molecule has 0 fully saturated rings. The lowest BCUT2D eigenvalue weighted by atomic mass is 10.3. The Labute approximate surface area is 111 Å². The molecular formula is C12H10Br2N2. The zero-order valence-corrected chi connectivity index (χ0v) is 11.6. The molecule has 16 heavy (non-hydrogen) atoms. The molecule has 0 amide bonds. The van der Waals surface area contributed by atoms with Crippen molar-refractivity contribution in [3.63, 3.8) is 0 Å². The van der Waals surface area contributed by atoms with E-state index in [0.29, 0.717) is 0 Å². The van der Waals surface area contributed by atoms with Gasteiger partial charge in [0.05, 0.1) is 12.2 Å². The van der Waals surface area contributed by atoms with Crippen LogP contribution in [0.5, 0.6) is 0 Å². The largest absolute Gasteiger partial charge is 0.379 e. The number of hydrogen-bond donors (Lipinski definition) is 1. The average Bonchev–Trinajstić information content (AvgIpc) is 2.27. The summed E-state index contributed by atoms with van der Waals surface area (Å²) >= 11 is 6.79. The number of hydrogen-bond acceptors (Lipinski definition) is 2. The first kappa shape index (κ1) is 11.6. The molecule has 1 aromatic heterocycles. The SMILES string of the molecule is Brc1cccc(NCc2cccc(Br)n2)c1. The van der Waals surface area contributed by atoms with Crippen LogP contribution in [0.3, 0.4) is 0 Å². The summed E-state index contributed by atoms with van der Waals surface area (Å²) in [5.74, 6) is 0. The van der Waals surface area contributed by atoms with Gasteiger partial charge in [-0.15, -0.1) is 0 Å². The van der Waals surface area contributed by atoms with E-state index in [1.807, 2.05) is 42.5 Å². The van der Waals surface area contributed by atoms with Gasteiger partial charge >= 0.3 is 0 Å². The maximum absolute atomic E-state index is 4.35. The number of nitrogens with zero attached hydrogens (tertiary/aromatic N) is 1. The molecule has 0 atom stereocenters. The molecule has 1 N–H and O–H groups in total. The Kier molecular flexibility index (Phi) is 3.96. The van der Waals surface area contributed by atoms with Crippen molar-refractivity contribution < 1.29 is 0 Å². The van der Waals surface area contributed by atoms with Crippen LogP contribution in [0.1, 0.15) is 5.69 Å². The van der Waals surface area contributed by atoms with Gasteiger partial charge in [0, 0.05) is 10.2 Å². The first-order valence-corrected chi connectivity index (χ1v) is 6.43. The van der Waals surface area contributed by atoms with Crippen LogP contribution in [0.4, 0.5) is 5.69 Å². The van der Waals surface area contributed by atoms with E-state index >= 15 is 0 Å². The Morgan fingerprint density at radius 2 is 1.88 bits per heavy atom. The highest BCUT2D eigenvalue weighted by Gasteiger charge is 1.96. The van der Waals surface area contributed by atoms with Gasteiger partial charge in [-0.1, -0.05) is 28.1 Å². The first-order valence-electron chi connectivity index (χ1n) is 4.85. The maximum Gasteiger partial charge on any atom is 0.106 e. The van der Waals surface area contributed by atoms with Crippen LogP contribution in [-0.4, -0.2) is 4.98 Å². The van der Waals surface area contributed by atoms with Crippen molar-refractivity contribution in [1.29, 1.82) is 0 Å². The Hall–Kier alpha value is -0.870. The van der Waals surface area contributed by atoms with Crippen molar-refractivity contribution in [3.8, 4) is 0 Å². The van der Waals surface area contributed by atoms with Crippen LogP contribution < -0.4 is 5.32 Å². The predicted molar refractivity (Wildman–Crippen MR) is 73.4 cm³/mol. The van der Waals surface area contributed by atoms with Crippen LogP contribution in [0, 0.1) is 0 Å². The molecule has 0 aliphatic carbocycles. The second kappa shape index (κ2) is 5.46. The van der Waals surface area contributed by atoms with Gasteiger partial charge in [0.2, 0.25) is 0 Å². The molecule has 1 aromatic carbocycles. The van der Waals surface area contributed by atoms with Crippen molar-refractivity contribution >= 4 is 37.5 Å². The van der Waals surface area contributed by atoms with Gasteiger partial charge in [-0.3, -0.25) is 0 Å². The van der Waals surface area contributed by atoms with Crippen LogP contribution in [0.2, 0.25) is 0 Å². The molecule has 0 bridgehead atoms. The molecule has 2 nitrogen and oxygen atoms in total. The molecule has 0 unspecified atom stereocenters. The van der Waals surface area contributed by atoms with Crippen molar-refractivity contribution in [2.45, 2.75) is 6.54 Å². The molecule has 4 heteroatoms. The fourth-order valence-electron chi connectivity index (χ4n) is 1.34. The van der Waals surface area contributed by atoms with Crippen molar-refractivity contribution in [1.82, 2.24) is 4.98 Å². The topological polar surface area (TPSA) is 24.9 Å². The quantitative estimate of drug-likeness (QED) is 0.845. The summed E-state index contributed by atoms with van der Waals surface area (Å²) in [6, 6.07) is 14.0. The first-order chi connectivity index (χ1) is 7.74. The second-order valence-electron chi connectivity index (χ2n) is 3.32. The third-order valence-corrected chi connectivity index (χ3v) is 3.01. The molecule has 0 spiro atoms. The number of rotatable bonds is 3. The number of benzene rings is 1. The molecule has 2 aromatic rings. The molecular weight excluding hydrogens is 332 g/mol. The maximum atomic E-state index is 4.35. The highest BCUT2D eigenvalue weighted by atomic mass is 79.9. The highest BCUT2D eigenvalue weighted by molar-refractivity contribution is 9.10. The minimum atomic E-state index is 0.718. The van der Waals surface area contributed by atoms with Gasteiger partial charge < -0.3 is 5.32 Å². The van der Waals surface area contributed by atoms with E-state index in [1.165, 1.54) is 0 Å². The molecule has 0 aliphatic heterocycles. The monoisotopic (exact) mass is 340 g/mol. The van der Waals surface area contributed by atoms with Crippen LogP contribution >= 0.6 is 31.9 Å². The summed E-state index contributed by atoms with van der Waals surface area (Å²) in [7, 11) is 0. The van der Waals surface area contributed by atoms with Gasteiger partial charge in [-0.05, 0) is 46.3 Å². The standard InChI is InChI=1S/C12H10Br2N2/c13-9-3-1-4-10(7-9)15-8-11-5-2-6-12(14)16-11/h1-7,15H,8H2. The minimum absolute atomic E-state index is 0.718. The minimum Gasteiger partial charge on any atom is -0.379 e. The summed E-state index contributed by atoms with van der Waals surface area (Å²) < 4.78 is 1.93. The molecule has 82 valence electrons. The third-order valence-electron chi connectivity index (χ3n) is 2.07. The number of pyridine rings is 1. The van der Waals surface area contributed by atoms with Crippen molar-refractivity contribution in [2.75, 3.05) is 5.32 Å². The molecule has 1 heterocycles. The fourth-order valence-corrected chi connectivity index (χ4v) is 2.12. The second-order valence-corrected chi connectivity index (χ2v) is 5.04. The molecule has 2 rings (SSSR count). The van der Waals surface area contributed by atoms with Gasteiger partial charge in [-0.25, -0.2) is 4.98 Å². The average molecular weight is 342 g/mol. The summed E-state index contributed by atoms with van der Waals surface area (Å²) in [6.07, 6.45) is 0. The lowest BCUT2D eigenvalue weighted by Gasteiger charge is -2.06. The summed E-state index contributed by atoms with van der Waals surface area (Å²) in [6.45, 7) is 0.718. The predicted octanol–water partition coefficient (Wildman–Crippen LogP) is 4.22.